The van der Waals surface area contributed by atoms with E-state index in [-0.39, 0.29) is 16.4 Å². The fraction of sp³-hybridized carbons (Fsp3) is 0.167. The molecule has 20 heavy (non-hydrogen) atoms. The zero-order valence-corrected chi connectivity index (χ0v) is 11.6. The van der Waals surface area contributed by atoms with E-state index in [2.05, 4.69) is 10.3 Å². The third kappa shape index (κ3) is 2.69. The fourth-order valence-electron chi connectivity index (χ4n) is 1.45. The van der Waals surface area contributed by atoms with E-state index < -0.39 is 17.5 Å². The predicted octanol–water partition coefficient (Wildman–Crippen LogP) is 2.32. The Hall–Kier alpha value is -2.22. The van der Waals surface area contributed by atoms with E-state index in [1.54, 1.807) is 19.0 Å². The first-order valence-corrected chi connectivity index (χ1v) is 6.40. The number of halogens is 2. The SMILES string of the molecule is CN(C)c1nc(N)c(C(=O)Nc2cccc(F)c2F)s1. The minimum Gasteiger partial charge on any atom is -0.382 e. The maximum Gasteiger partial charge on any atom is 0.269 e. The molecule has 1 aromatic heterocycles. The highest BCUT2D eigenvalue weighted by atomic mass is 32.1. The number of carbonyl (C=O) groups is 1. The fourth-order valence-corrected chi connectivity index (χ4v) is 2.26. The van der Waals surface area contributed by atoms with Crippen molar-refractivity contribution in [3.63, 3.8) is 0 Å². The van der Waals surface area contributed by atoms with Gasteiger partial charge in [-0.05, 0) is 12.1 Å². The number of nitrogens with one attached hydrogen (secondary N) is 1. The third-order valence-electron chi connectivity index (χ3n) is 2.43. The Balaban J connectivity index is 2.26. The zero-order valence-electron chi connectivity index (χ0n) is 10.8. The van der Waals surface area contributed by atoms with Gasteiger partial charge in [0.05, 0.1) is 5.69 Å². The Labute approximate surface area is 118 Å². The summed E-state index contributed by atoms with van der Waals surface area (Å²) < 4.78 is 26.5. The van der Waals surface area contributed by atoms with Crippen LogP contribution in [0.1, 0.15) is 9.67 Å². The summed E-state index contributed by atoms with van der Waals surface area (Å²) >= 11 is 1.07. The van der Waals surface area contributed by atoms with Gasteiger partial charge in [-0.3, -0.25) is 4.79 Å². The maximum absolute atomic E-state index is 13.5. The summed E-state index contributed by atoms with van der Waals surface area (Å²) in [5, 5.41) is 2.83. The zero-order chi connectivity index (χ0) is 14.9. The number of aromatic nitrogens is 1. The quantitative estimate of drug-likeness (QED) is 0.912. The molecule has 3 N–H and O–H groups in total. The summed E-state index contributed by atoms with van der Waals surface area (Å²) in [6, 6.07) is 3.53. The Bertz CT molecular complexity index is 657. The first kappa shape index (κ1) is 14.2. The molecular formula is C12H12F2N4OS. The average Bonchev–Trinajstić information content (AvgIpc) is 2.77. The van der Waals surface area contributed by atoms with Gasteiger partial charge in [0.2, 0.25) is 0 Å². The molecule has 0 aliphatic rings. The van der Waals surface area contributed by atoms with E-state index >= 15 is 0 Å². The topological polar surface area (TPSA) is 71.2 Å². The normalized spacial score (nSPS) is 10.4. The number of nitrogen functional groups attached to an aromatic ring is 1. The molecule has 0 aliphatic heterocycles. The molecule has 1 amide bonds. The van der Waals surface area contributed by atoms with Crippen LogP contribution in [0.15, 0.2) is 18.2 Å². The monoisotopic (exact) mass is 298 g/mol. The Morgan fingerprint density at radius 3 is 2.70 bits per heavy atom. The van der Waals surface area contributed by atoms with Gasteiger partial charge in [-0.15, -0.1) is 0 Å². The lowest BCUT2D eigenvalue weighted by Gasteiger charge is -2.06. The summed E-state index contributed by atoms with van der Waals surface area (Å²) in [5.41, 5.74) is 5.40. The largest absolute Gasteiger partial charge is 0.382 e. The molecule has 0 aliphatic carbocycles. The van der Waals surface area contributed by atoms with Crippen LogP contribution in [0.3, 0.4) is 0 Å². The van der Waals surface area contributed by atoms with E-state index in [0.717, 1.165) is 17.4 Å². The van der Waals surface area contributed by atoms with Crippen molar-refractivity contribution in [2.24, 2.45) is 0 Å². The van der Waals surface area contributed by atoms with Crippen molar-refractivity contribution >= 4 is 33.9 Å². The van der Waals surface area contributed by atoms with Crippen LogP contribution < -0.4 is 16.0 Å². The number of anilines is 3. The summed E-state index contributed by atoms with van der Waals surface area (Å²) in [7, 11) is 3.51. The second-order valence-electron chi connectivity index (χ2n) is 4.16. The van der Waals surface area contributed by atoms with Gasteiger partial charge < -0.3 is 16.0 Å². The highest BCUT2D eigenvalue weighted by Gasteiger charge is 2.19. The predicted molar refractivity (Wildman–Crippen MR) is 75.2 cm³/mol. The number of nitrogens with zero attached hydrogens (tertiary/aromatic N) is 2. The van der Waals surface area contributed by atoms with Gasteiger partial charge in [0.25, 0.3) is 5.91 Å². The molecule has 8 heteroatoms. The van der Waals surface area contributed by atoms with Gasteiger partial charge in [-0.25, -0.2) is 13.8 Å². The molecule has 0 unspecified atom stereocenters. The van der Waals surface area contributed by atoms with Gasteiger partial charge >= 0.3 is 0 Å². The molecule has 0 fully saturated rings. The molecule has 106 valence electrons. The smallest absolute Gasteiger partial charge is 0.269 e. The van der Waals surface area contributed by atoms with Gasteiger partial charge in [-0.2, -0.15) is 0 Å². The second kappa shape index (κ2) is 5.41. The van der Waals surface area contributed by atoms with Gasteiger partial charge in [0, 0.05) is 14.1 Å². The Kier molecular flexibility index (Phi) is 3.84. The highest BCUT2D eigenvalue weighted by molar-refractivity contribution is 7.18. The number of carbonyl (C=O) groups excluding carboxylic acids is 1. The molecule has 0 radical (unpaired) electrons. The molecule has 2 rings (SSSR count). The molecule has 0 bridgehead atoms. The van der Waals surface area contributed by atoms with E-state index in [9.17, 15) is 13.6 Å². The summed E-state index contributed by atoms with van der Waals surface area (Å²) in [6.45, 7) is 0. The number of benzene rings is 1. The molecule has 0 saturated heterocycles. The summed E-state index contributed by atoms with van der Waals surface area (Å²) in [5.74, 6) is -2.73. The van der Waals surface area contributed by atoms with Crippen molar-refractivity contribution < 1.29 is 13.6 Å². The molecule has 0 atom stereocenters. The third-order valence-corrected chi connectivity index (χ3v) is 3.67. The first-order valence-electron chi connectivity index (χ1n) is 5.59. The van der Waals surface area contributed by atoms with Crippen molar-refractivity contribution in [3.05, 3.63) is 34.7 Å². The van der Waals surface area contributed by atoms with Crippen molar-refractivity contribution in [1.82, 2.24) is 4.98 Å². The van der Waals surface area contributed by atoms with Crippen LogP contribution in [0.4, 0.5) is 25.4 Å². The lowest BCUT2D eigenvalue weighted by Crippen LogP contribution is -2.13. The van der Waals surface area contributed by atoms with E-state index in [1.807, 2.05) is 0 Å². The summed E-state index contributed by atoms with van der Waals surface area (Å²) in [4.78, 5) is 17.9. The number of hydrogen-bond donors (Lipinski definition) is 2. The van der Waals surface area contributed by atoms with Gasteiger partial charge in [-0.1, -0.05) is 17.4 Å². The highest BCUT2D eigenvalue weighted by Crippen LogP contribution is 2.28. The minimum absolute atomic E-state index is 0.0491. The average molecular weight is 298 g/mol. The number of amides is 1. The lowest BCUT2D eigenvalue weighted by molar-refractivity contribution is 0.103. The number of rotatable bonds is 3. The molecule has 5 nitrogen and oxygen atoms in total. The van der Waals surface area contributed by atoms with Crippen molar-refractivity contribution in [2.45, 2.75) is 0 Å². The molecule has 1 heterocycles. The summed E-state index contributed by atoms with van der Waals surface area (Å²) in [6.07, 6.45) is 0. The minimum atomic E-state index is -1.11. The molecule has 1 aromatic carbocycles. The van der Waals surface area contributed by atoms with E-state index in [4.69, 9.17) is 5.73 Å². The van der Waals surface area contributed by atoms with Gasteiger partial charge in [0.15, 0.2) is 16.8 Å². The van der Waals surface area contributed by atoms with Crippen LogP contribution in [0.25, 0.3) is 0 Å². The van der Waals surface area contributed by atoms with E-state index in [1.165, 1.54) is 12.1 Å². The van der Waals surface area contributed by atoms with Crippen LogP contribution in [0.5, 0.6) is 0 Å². The van der Waals surface area contributed by atoms with E-state index in [0.29, 0.717) is 5.13 Å². The van der Waals surface area contributed by atoms with Crippen LogP contribution in [0.2, 0.25) is 0 Å². The van der Waals surface area contributed by atoms with Crippen LogP contribution in [-0.4, -0.2) is 25.0 Å². The van der Waals surface area contributed by atoms with Crippen LogP contribution in [0, 0.1) is 11.6 Å². The number of nitrogens with two attached hydrogens (primary N) is 1. The van der Waals surface area contributed by atoms with Crippen LogP contribution >= 0.6 is 11.3 Å². The molecule has 0 spiro atoms. The first-order chi connectivity index (χ1) is 9.40. The standard InChI is InChI=1S/C12H12F2N4OS/c1-18(2)12-17-10(15)9(20-12)11(19)16-7-5-3-4-6(13)8(7)14/h3-5H,15H2,1-2H3,(H,16,19). The molecule has 2 aromatic rings. The van der Waals surface area contributed by atoms with Crippen molar-refractivity contribution in [1.29, 1.82) is 0 Å². The van der Waals surface area contributed by atoms with Crippen molar-refractivity contribution in [3.8, 4) is 0 Å². The second-order valence-corrected chi connectivity index (χ2v) is 5.14. The molecular weight excluding hydrogens is 286 g/mol. The molecule has 0 saturated carbocycles. The van der Waals surface area contributed by atoms with Gasteiger partial charge in [0.1, 0.15) is 10.7 Å². The van der Waals surface area contributed by atoms with Crippen LogP contribution in [-0.2, 0) is 0 Å². The van der Waals surface area contributed by atoms with Crippen molar-refractivity contribution in [2.75, 3.05) is 30.0 Å². The maximum atomic E-state index is 13.5. The Morgan fingerprint density at radius 1 is 1.40 bits per heavy atom. The number of thiazole rings is 1. The lowest BCUT2D eigenvalue weighted by atomic mass is 10.3. The number of hydrogen-bond acceptors (Lipinski definition) is 5. The Morgan fingerprint density at radius 2 is 2.10 bits per heavy atom.